The average molecular weight is 684 g/mol. The number of carbonyl (C=O) groups is 5. The number of amides is 3. The van der Waals surface area contributed by atoms with Crippen molar-refractivity contribution in [2.24, 2.45) is 0 Å². The van der Waals surface area contributed by atoms with E-state index in [0.29, 0.717) is 38.5 Å². The Balaban J connectivity index is 1.81. The van der Waals surface area contributed by atoms with E-state index < -0.39 is 23.9 Å². The van der Waals surface area contributed by atoms with Crippen LogP contribution >= 0.6 is 0 Å². The largest absolute Gasteiger partial charge is 0.494 e. The Morgan fingerprint density at radius 1 is 0.625 bits per heavy atom. The summed E-state index contributed by atoms with van der Waals surface area (Å²) < 4.78 is 26.7. The van der Waals surface area contributed by atoms with E-state index in [-0.39, 0.29) is 70.0 Å². The third kappa shape index (κ3) is 23.5. The summed E-state index contributed by atoms with van der Waals surface area (Å²) in [5.74, 6) is -2.18. The van der Waals surface area contributed by atoms with Crippen LogP contribution in [0.25, 0.3) is 0 Å². The molecule has 0 spiro atoms. The highest BCUT2D eigenvalue weighted by molar-refractivity contribution is 5.87. The quantitative estimate of drug-likeness (QED) is 0.0714. The van der Waals surface area contributed by atoms with Gasteiger partial charge in [0.15, 0.2) is 0 Å². The molecule has 0 bridgehead atoms. The lowest BCUT2D eigenvalue weighted by Gasteiger charge is -2.12. The summed E-state index contributed by atoms with van der Waals surface area (Å²) in [5.41, 5.74) is 0.241. The van der Waals surface area contributed by atoms with Crippen molar-refractivity contribution in [2.75, 3.05) is 72.6 Å². The summed E-state index contributed by atoms with van der Waals surface area (Å²) in [4.78, 5) is 57.1. The number of carboxylic acid groups (broad SMARTS) is 2. The van der Waals surface area contributed by atoms with E-state index in [1.807, 2.05) is 0 Å². The molecule has 0 aliphatic carbocycles. The van der Waals surface area contributed by atoms with Gasteiger partial charge in [0.05, 0.1) is 51.8 Å². The van der Waals surface area contributed by atoms with Crippen LogP contribution in [-0.2, 0) is 38.1 Å². The normalized spacial score (nSPS) is 11.4. The number of carbonyl (C=O) groups excluding carboxylic acids is 3. The van der Waals surface area contributed by atoms with Crippen molar-refractivity contribution in [2.45, 2.75) is 70.8 Å². The molecule has 0 saturated heterocycles. The first-order valence-corrected chi connectivity index (χ1v) is 16.6. The molecular formula is C33H53N3O12. The summed E-state index contributed by atoms with van der Waals surface area (Å²) in [6, 6.07) is 5.46. The molecule has 0 aromatic heterocycles. The SMILES string of the molecule is CC[C@H](NC(=O)COCCOCCNC(=O)COCCOCCNC(=O)CCCCCCCCCOc1ccc(C(=O)O)cc1)C(=O)O. The molecule has 0 unspecified atom stereocenters. The Morgan fingerprint density at radius 3 is 1.71 bits per heavy atom. The van der Waals surface area contributed by atoms with Gasteiger partial charge >= 0.3 is 11.9 Å². The first kappa shape index (κ1) is 42.2. The van der Waals surface area contributed by atoms with E-state index in [1.54, 1.807) is 19.1 Å². The number of unbranched alkanes of at least 4 members (excludes halogenated alkanes) is 6. The van der Waals surface area contributed by atoms with Crippen molar-refractivity contribution in [3.63, 3.8) is 0 Å². The van der Waals surface area contributed by atoms with Crippen molar-refractivity contribution in [3.8, 4) is 5.75 Å². The number of ether oxygens (including phenoxy) is 5. The third-order valence-corrected chi connectivity index (χ3v) is 6.81. The molecule has 272 valence electrons. The minimum Gasteiger partial charge on any atom is -0.494 e. The molecular weight excluding hydrogens is 630 g/mol. The van der Waals surface area contributed by atoms with Gasteiger partial charge in [0, 0.05) is 19.5 Å². The van der Waals surface area contributed by atoms with Crippen LogP contribution in [0.15, 0.2) is 24.3 Å². The highest BCUT2D eigenvalue weighted by atomic mass is 16.5. The molecule has 1 aromatic rings. The Morgan fingerprint density at radius 2 is 1.15 bits per heavy atom. The predicted octanol–water partition coefficient (Wildman–Crippen LogP) is 2.16. The minimum absolute atomic E-state index is 0.00189. The van der Waals surface area contributed by atoms with Gasteiger partial charge in [-0.1, -0.05) is 39.0 Å². The van der Waals surface area contributed by atoms with Crippen LogP contribution in [-0.4, -0.2) is 118 Å². The van der Waals surface area contributed by atoms with Crippen LogP contribution < -0.4 is 20.7 Å². The fraction of sp³-hybridized carbons (Fsp3) is 0.667. The number of rotatable bonds is 31. The first-order chi connectivity index (χ1) is 23.2. The molecule has 0 radical (unpaired) electrons. The summed E-state index contributed by atoms with van der Waals surface area (Å²) in [6.45, 7) is 4.07. The number of aliphatic carboxylic acids is 1. The van der Waals surface area contributed by atoms with Gasteiger partial charge in [0.1, 0.15) is 25.0 Å². The van der Waals surface area contributed by atoms with Gasteiger partial charge in [-0.15, -0.1) is 0 Å². The van der Waals surface area contributed by atoms with E-state index in [9.17, 15) is 24.0 Å². The fourth-order valence-electron chi connectivity index (χ4n) is 4.16. The zero-order valence-corrected chi connectivity index (χ0v) is 28.0. The van der Waals surface area contributed by atoms with Gasteiger partial charge in [0.25, 0.3) is 0 Å². The molecule has 3 amide bonds. The van der Waals surface area contributed by atoms with Crippen molar-refractivity contribution in [1.29, 1.82) is 0 Å². The van der Waals surface area contributed by atoms with Crippen molar-refractivity contribution in [1.82, 2.24) is 16.0 Å². The molecule has 0 saturated carbocycles. The van der Waals surface area contributed by atoms with Crippen molar-refractivity contribution < 1.29 is 57.9 Å². The van der Waals surface area contributed by atoms with E-state index in [1.165, 1.54) is 12.1 Å². The van der Waals surface area contributed by atoms with E-state index >= 15 is 0 Å². The Bertz CT molecular complexity index is 1050. The molecule has 1 atom stereocenters. The molecule has 0 fully saturated rings. The maximum absolute atomic E-state index is 12.0. The van der Waals surface area contributed by atoms with Gasteiger partial charge in [-0.25, -0.2) is 9.59 Å². The molecule has 5 N–H and O–H groups in total. The maximum atomic E-state index is 12.0. The van der Waals surface area contributed by atoms with Gasteiger partial charge in [0.2, 0.25) is 17.7 Å². The maximum Gasteiger partial charge on any atom is 0.335 e. The Kier molecular flexibility index (Phi) is 24.8. The Hall–Kier alpha value is -3.79. The second kappa shape index (κ2) is 28.2. The number of hydrogen-bond acceptors (Lipinski definition) is 10. The lowest BCUT2D eigenvalue weighted by molar-refractivity contribution is -0.142. The minimum atomic E-state index is -1.10. The standard InChI is InChI=1S/C33H53N3O12/c1-2-28(33(42)43)36-31(39)25-47-23-21-45-19-16-35-30(38)24-46-22-20-44-18-15-34-29(37)10-8-6-4-3-5-7-9-17-48-27-13-11-26(12-14-27)32(40)41/h11-14,28H,2-10,15-25H2,1H3,(H,34,37)(H,35,38)(H,36,39)(H,40,41)(H,42,43)/t28-/m0/s1. The van der Waals surface area contributed by atoms with Gasteiger partial charge in [-0.05, 0) is 43.5 Å². The molecule has 15 nitrogen and oxygen atoms in total. The van der Waals surface area contributed by atoms with Crippen LogP contribution in [0.1, 0.15) is 75.1 Å². The topological polar surface area (TPSA) is 208 Å². The third-order valence-electron chi connectivity index (χ3n) is 6.81. The first-order valence-electron chi connectivity index (χ1n) is 16.6. The van der Waals surface area contributed by atoms with Gasteiger partial charge in [-0.2, -0.15) is 0 Å². The number of benzene rings is 1. The molecule has 15 heteroatoms. The number of nitrogens with one attached hydrogen (secondary N) is 3. The fourth-order valence-corrected chi connectivity index (χ4v) is 4.16. The highest BCUT2D eigenvalue weighted by Gasteiger charge is 2.17. The molecule has 1 aromatic carbocycles. The molecule has 48 heavy (non-hydrogen) atoms. The highest BCUT2D eigenvalue weighted by Crippen LogP contribution is 2.14. The van der Waals surface area contributed by atoms with E-state index in [0.717, 1.165) is 44.9 Å². The number of hydrogen-bond donors (Lipinski definition) is 5. The zero-order chi connectivity index (χ0) is 35.2. The van der Waals surface area contributed by atoms with Crippen LogP contribution in [0.3, 0.4) is 0 Å². The van der Waals surface area contributed by atoms with Crippen LogP contribution in [0.5, 0.6) is 5.75 Å². The molecule has 0 heterocycles. The lowest BCUT2D eigenvalue weighted by atomic mass is 10.1. The summed E-state index contributed by atoms with van der Waals surface area (Å²) in [6.07, 6.45) is 7.91. The second-order valence-corrected chi connectivity index (χ2v) is 10.8. The number of aromatic carboxylic acids is 1. The van der Waals surface area contributed by atoms with E-state index in [4.69, 9.17) is 33.9 Å². The summed E-state index contributed by atoms with van der Waals surface area (Å²) >= 11 is 0. The smallest absolute Gasteiger partial charge is 0.335 e. The molecule has 1 rings (SSSR count). The van der Waals surface area contributed by atoms with Gasteiger partial charge in [-0.3, -0.25) is 14.4 Å². The monoisotopic (exact) mass is 683 g/mol. The van der Waals surface area contributed by atoms with Crippen LogP contribution in [0, 0.1) is 0 Å². The van der Waals surface area contributed by atoms with E-state index in [2.05, 4.69) is 16.0 Å². The molecule has 0 aliphatic heterocycles. The van der Waals surface area contributed by atoms with Crippen molar-refractivity contribution >= 4 is 29.7 Å². The molecule has 0 aliphatic rings. The average Bonchev–Trinajstić information content (AvgIpc) is 3.06. The van der Waals surface area contributed by atoms with Crippen molar-refractivity contribution in [3.05, 3.63) is 29.8 Å². The summed E-state index contributed by atoms with van der Waals surface area (Å²) in [5, 5.41) is 25.6. The Labute approximate surface area is 282 Å². The lowest BCUT2D eigenvalue weighted by Crippen LogP contribution is -2.42. The van der Waals surface area contributed by atoms with Gasteiger partial charge < -0.3 is 49.8 Å². The predicted molar refractivity (Wildman–Crippen MR) is 175 cm³/mol. The summed E-state index contributed by atoms with van der Waals surface area (Å²) in [7, 11) is 0. The van der Waals surface area contributed by atoms with Crippen LogP contribution in [0.2, 0.25) is 0 Å². The zero-order valence-electron chi connectivity index (χ0n) is 28.0. The second-order valence-electron chi connectivity index (χ2n) is 10.8. The number of carboxylic acids is 2. The van der Waals surface area contributed by atoms with Crippen LogP contribution in [0.4, 0.5) is 0 Å².